The minimum absolute atomic E-state index is 0.0272. The molecule has 0 fully saturated rings. The fourth-order valence-corrected chi connectivity index (χ4v) is 2.53. The molecular weight excluding hydrogens is 330 g/mol. The SMILES string of the molecule is CCc1nnc(C)cc1C(=O)N(C)Cc1ccccc1Br. The number of carbonyl (C=O) groups is 1. The van der Waals surface area contributed by atoms with Crippen LogP contribution in [0.15, 0.2) is 34.8 Å². The Kier molecular flexibility index (Phi) is 5.07. The van der Waals surface area contributed by atoms with E-state index in [1.165, 1.54) is 0 Å². The average molecular weight is 348 g/mol. The van der Waals surface area contributed by atoms with Gasteiger partial charge in [-0.1, -0.05) is 41.1 Å². The summed E-state index contributed by atoms with van der Waals surface area (Å²) in [4.78, 5) is 14.3. The van der Waals surface area contributed by atoms with Gasteiger partial charge in [0.2, 0.25) is 0 Å². The van der Waals surface area contributed by atoms with Gasteiger partial charge >= 0.3 is 0 Å². The summed E-state index contributed by atoms with van der Waals surface area (Å²) in [5.41, 5.74) is 3.21. The molecule has 0 aliphatic rings. The van der Waals surface area contributed by atoms with Gasteiger partial charge < -0.3 is 4.90 Å². The van der Waals surface area contributed by atoms with Gasteiger partial charge in [0.1, 0.15) is 0 Å². The second-order valence-electron chi connectivity index (χ2n) is 4.95. The summed E-state index contributed by atoms with van der Waals surface area (Å²) >= 11 is 3.51. The van der Waals surface area contributed by atoms with Gasteiger partial charge in [0.25, 0.3) is 5.91 Å². The first kappa shape index (κ1) is 15.6. The highest BCUT2D eigenvalue weighted by Crippen LogP contribution is 2.19. The largest absolute Gasteiger partial charge is 0.337 e. The molecule has 0 radical (unpaired) electrons. The van der Waals surface area contributed by atoms with Crippen LogP contribution in [0.5, 0.6) is 0 Å². The predicted octanol–water partition coefficient (Wildman–Crippen LogP) is 3.38. The molecule has 0 unspecified atom stereocenters. The lowest BCUT2D eigenvalue weighted by Gasteiger charge is -2.19. The second kappa shape index (κ2) is 6.80. The highest BCUT2D eigenvalue weighted by molar-refractivity contribution is 9.10. The first-order valence-corrected chi connectivity index (χ1v) is 7.64. The zero-order valence-electron chi connectivity index (χ0n) is 12.4. The summed E-state index contributed by atoms with van der Waals surface area (Å²) in [6.45, 7) is 4.37. The van der Waals surface area contributed by atoms with Gasteiger partial charge in [-0.05, 0) is 31.0 Å². The molecule has 0 N–H and O–H groups in total. The Labute approximate surface area is 133 Å². The normalized spacial score (nSPS) is 10.5. The summed E-state index contributed by atoms with van der Waals surface area (Å²) in [7, 11) is 1.80. The van der Waals surface area contributed by atoms with Crippen molar-refractivity contribution in [1.29, 1.82) is 0 Å². The number of aromatic nitrogens is 2. The zero-order chi connectivity index (χ0) is 15.4. The maximum absolute atomic E-state index is 12.6. The van der Waals surface area contributed by atoms with E-state index in [1.54, 1.807) is 11.9 Å². The van der Waals surface area contributed by atoms with Crippen LogP contribution in [0.4, 0.5) is 0 Å². The molecule has 0 atom stereocenters. The number of halogens is 1. The molecule has 5 heteroatoms. The van der Waals surface area contributed by atoms with E-state index in [2.05, 4.69) is 26.1 Å². The summed E-state index contributed by atoms with van der Waals surface area (Å²) in [6, 6.07) is 9.72. The molecule has 0 saturated heterocycles. The number of rotatable bonds is 4. The Bertz CT molecular complexity index is 658. The van der Waals surface area contributed by atoms with Crippen molar-refractivity contribution in [3.8, 4) is 0 Å². The van der Waals surface area contributed by atoms with Gasteiger partial charge in [-0.3, -0.25) is 4.79 Å². The van der Waals surface area contributed by atoms with Gasteiger partial charge in [0.15, 0.2) is 0 Å². The minimum atomic E-state index is -0.0272. The molecule has 0 bridgehead atoms. The highest BCUT2D eigenvalue weighted by Gasteiger charge is 2.17. The average Bonchev–Trinajstić information content (AvgIpc) is 2.48. The smallest absolute Gasteiger partial charge is 0.255 e. The molecule has 2 rings (SSSR count). The van der Waals surface area contributed by atoms with Gasteiger partial charge in [-0.2, -0.15) is 10.2 Å². The van der Waals surface area contributed by atoms with Crippen LogP contribution in [-0.4, -0.2) is 28.1 Å². The Morgan fingerprint density at radius 2 is 2.00 bits per heavy atom. The maximum atomic E-state index is 12.6. The molecule has 110 valence electrons. The number of amides is 1. The number of benzene rings is 1. The van der Waals surface area contributed by atoms with E-state index in [4.69, 9.17) is 0 Å². The summed E-state index contributed by atoms with van der Waals surface area (Å²) in [5.74, 6) is -0.0272. The van der Waals surface area contributed by atoms with E-state index in [0.29, 0.717) is 18.5 Å². The topological polar surface area (TPSA) is 46.1 Å². The molecule has 1 aromatic carbocycles. The molecular formula is C16H18BrN3O. The van der Waals surface area contributed by atoms with Crippen molar-refractivity contribution >= 4 is 21.8 Å². The fourth-order valence-electron chi connectivity index (χ4n) is 2.12. The zero-order valence-corrected chi connectivity index (χ0v) is 14.0. The number of hydrogen-bond acceptors (Lipinski definition) is 3. The van der Waals surface area contributed by atoms with Crippen molar-refractivity contribution in [1.82, 2.24) is 15.1 Å². The third-order valence-corrected chi connectivity index (χ3v) is 4.04. The van der Waals surface area contributed by atoms with Gasteiger partial charge in [0, 0.05) is 18.1 Å². The van der Waals surface area contributed by atoms with Crippen molar-refractivity contribution in [3.05, 3.63) is 57.3 Å². The third-order valence-electron chi connectivity index (χ3n) is 3.27. The van der Waals surface area contributed by atoms with E-state index >= 15 is 0 Å². The van der Waals surface area contributed by atoms with E-state index in [0.717, 1.165) is 21.4 Å². The molecule has 0 aliphatic carbocycles. The number of carbonyl (C=O) groups excluding carboxylic acids is 1. The Balaban J connectivity index is 2.24. The molecule has 1 amide bonds. The van der Waals surface area contributed by atoms with E-state index in [-0.39, 0.29) is 5.91 Å². The molecule has 21 heavy (non-hydrogen) atoms. The Morgan fingerprint density at radius 3 is 2.67 bits per heavy atom. The lowest BCUT2D eigenvalue weighted by Crippen LogP contribution is -2.28. The highest BCUT2D eigenvalue weighted by atomic mass is 79.9. The van der Waals surface area contributed by atoms with Crippen LogP contribution in [0.2, 0.25) is 0 Å². The van der Waals surface area contributed by atoms with Crippen LogP contribution >= 0.6 is 15.9 Å². The van der Waals surface area contributed by atoms with Crippen LogP contribution in [0.3, 0.4) is 0 Å². The third kappa shape index (κ3) is 3.67. The summed E-state index contributed by atoms with van der Waals surface area (Å²) in [6.07, 6.45) is 0.692. The van der Waals surface area contributed by atoms with Crippen LogP contribution in [-0.2, 0) is 13.0 Å². The Morgan fingerprint density at radius 1 is 1.29 bits per heavy atom. The van der Waals surface area contributed by atoms with E-state index < -0.39 is 0 Å². The molecule has 0 aliphatic heterocycles. The van der Waals surface area contributed by atoms with Crippen molar-refractivity contribution in [2.45, 2.75) is 26.8 Å². The van der Waals surface area contributed by atoms with Crippen molar-refractivity contribution in [3.63, 3.8) is 0 Å². The standard InChI is InChI=1S/C16H18BrN3O/c1-4-15-13(9-11(2)18-19-15)16(21)20(3)10-12-7-5-6-8-14(12)17/h5-9H,4,10H2,1-3H3. The van der Waals surface area contributed by atoms with Crippen molar-refractivity contribution < 1.29 is 4.79 Å². The molecule has 2 aromatic rings. The first-order chi connectivity index (χ1) is 10.0. The lowest BCUT2D eigenvalue weighted by molar-refractivity contribution is 0.0783. The number of hydrogen-bond donors (Lipinski definition) is 0. The molecule has 0 saturated carbocycles. The van der Waals surface area contributed by atoms with E-state index in [9.17, 15) is 4.79 Å². The summed E-state index contributed by atoms with van der Waals surface area (Å²) < 4.78 is 1.00. The van der Waals surface area contributed by atoms with Gasteiger partial charge in [-0.15, -0.1) is 0 Å². The summed E-state index contributed by atoms with van der Waals surface area (Å²) in [5, 5.41) is 8.14. The van der Waals surface area contributed by atoms with E-state index in [1.807, 2.05) is 44.2 Å². The first-order valence-electron chi connectivity index (χ1n) is 6.85. The quantitative estimate of drug-likeness (QED) is 0.851. The predicted molar refractivity (Wildman–Crippen MR) is 86.1 cm³/mol. The lowest BCUT2D eigenvalue weighted by atomic mass is 10.1. The van der Waals surface area contributed by atoms with Crippen molar-refractivity contribution in [2.75, 3.05) is 7.05 Å². The molecule has 1 heterocycles. The van der Waals surface area contributed by atoms with Gasteiger partial charge in [0.05, 0.1) is 17.0 Å². The molecule has 4 nitrogen and oxygen atoms in total. The van der Waals surface area contributed by atoms with Crippen molar-refractivity contribution in [2.24, 2.45) is 0 Å². The Hall–Kier alpha value is -1.75. The fraction of sp³-hybridized carbons (Fsp3) is 0.312. The molecule has 1 aromatic heterocycles. The number of nitrogens with zero attached hydrogens (tertiary/aromatic N) is 3. The minimum Gasteiger partial charge on any atom is -0.337 e. The maximum Gasteiger partial charge on any atom is 0.255 e. The van der Waals surface area contributed by atoms with Crippen LogP contribution < -0.4 is 0 Å². The van der Waals surface area contributed by atoms with Crippen LogP contribution in [0.25, 0.3) is 0 Å². The second-order valence-corrected chi connectivity index (χ2v) is 5.81. The van der Waals surface area contributed by atoms with Crippen LogP contribution in [0.1, 0.15) is 34.2 Å². The molecule has 0 spiro atoms. The van der Waals surface area contributed by atoms with Crippen LogP contribution in [0, 0.1) is 6.92 Å². The monoisotopic (exact) mass is 347 g/mol. The van der Waals surface area contributed by atoms with Gasteiger partial charge in [-0.25, -0.2) is 0 Å². The number of aryl methyl sites for hydroxylation is 2.